The molecule has 0 aliphatic heterocycles. The third-order valence-corrected chi connectivity index (χ3v) is 6.23. The summed E-state index contributed by atoms with van der Waals surface area (Å²) in [6.07, 6.45) is 7.11. The van der Waals surface area contributed by atoms with Crippen molar-refractivity contribution in [2.75, 3.05) is 5.32 Å². The number of aromatic nitrogens is 4. The van der Waals surface area contributed by atoms with E-state index < -0.39 is 0 Å². The molecule has 132 valence electrons. The molecule has 5 rings (SSSR count). The Balaban J connectivity index is 0.00000157. The van der Waals surface area contributed by atoms with Crippen molar-refractivity contribution in [3.63, 3.8) is 0 Å². The molecule has 0 saturated heterocycles. The summed E-state index contributed by atoms with van der Waals surface area (Å²) in [4.78, 5) is 12.3. The van der Waals surface area contributed by atoms with Gasteiger partial charge < -0.3 is 14.9 Å². The molecule has 2 fully saturated rings. The lowest BCUT2D eigenvalue weighted by Crippen LogP contribution is -2.26. The third kappa shape index (κ3) is 2.62. The SMILES string of the molecule is CCn1c(=S)[nH]c2cc3c(NC4CC5CCC4C5)ncnc3cc21.Cl. The Bertz CT molecular complexity index is 994. The molecule has 2 aliphatic carbocycles. The number of aromatic amines is 1. The Morgan fingerprint density at radius 1 is 1.28 bits per heavy atom. The van der Waals surface area contributed by atoms with Gasteiger partial charge in [0.15, 0.2) is 4.77 Å². The largest absolute Gasteiger partial charge is 0.366 e. The number of benzene rings is 1. The standard InChI is InChI=1S/C18H21N5S.ClH/c1-2-23-16-8-14-12(7-15(16)22-18(23)24)17(20-9-19-14)21-13-6-10-3-4-11(13)5-10;/h7-11,13H,2-6H2,1H3,(H,22,24)(H,19,20,21);1H. The predicted octanol–water partition coefficient (Wildman–Crippen LogP) is 4.68. The Morgan fingerprint density at radius 3 is 2.88 bits per heavy atom. The molecular weight excluding hydrogens is 354 g/mol. The average molecular weight is 376 g/mol. The Hall–Kier alpha value is -1.66. The average Bonchev–Trinajstić information content (AvgIpc) is 3.26. The number of rotatable bonds is 3. The number of fused-ring (bicyclic) bond motifs is 4. The Labute approximate surface area is 157 Å². The molecule has 2 N–H and O–H groups in total. The Morgan fingerprint density at radius 2 is 2.16 bits per heavy atom. The van der Waals surface area contributed by atoms with Gasteiger partial charge in [0.1, 0.15) is 12.1 Å². The van der Waals surface area contributed by atoms with E-state index in [1.807, 2.05) is 0 Å². The quantitative estimate of drug-likeness (QED) is 0.652. The number of anilines is 1. The maximum absolute atomic E-state index is 5.43. The second-order valence-electron chi connectivity index (χ2n) is 7.21. The molecule has 3 atom stereocenters. The Kier molecular flexibility index (Phi) is 4.20. The molecule has 0 radical (unpaired) electrons. The summed E-state index contributed by atoms with van der Waals surface area (Å²) in [5.41, 5.74) is 3.14. The van der Waals surface area contributed by atoms with Crippen LogP contribution >= 0.6 is 24.6 Å². The van der Waals surface area contributed by atoms with Crippen molar-refractivity contribution in [1.82, 2.24) is 19.5 Å². The molecule has 2 aromatic heterocycles. The van der Waals surface area contributed by atoms with E-state index in [1.165, 1.54) is 25.7 Å². The van der Waals surface area contributed by atoms with Crippen LogP contribution in [0.3, 0.4) is 0 Å². The van der Waals surface area contributed by atoms with Crippen molar-refractivity contribution in [1.29, 1.82) is 0 Å². The van der Waals surface area contributed by atoms with Gasteiger partial charge in [-0.1, -0.05) is 6.42 Å². The lowest BCUT2D eigenvalue weighted by molar-refractivity contribution is 0.439. The molecule has 2 bridgehead atoms. The van der Waals surface area contributed by atoms with Gasteiger partial charge >= 0.3 is 0 Å². The number of nitrogens with one attached hydrogen (secondary N) is 2. The molecular formula is C18H22ClN5S. The van der Waals surface area contributed by atoms with Crippen molar-refractivity contribution >= 4 is 52.4 Å². The minimum Gasteiger partial charge on any atom is -0.366 e. The zero-order valence-corrected chi connectivity index (χ0v) is 15.8. The normalized spacial score (nSPS) is 24.8. The van der Waals surface area contributed by atoms with Crippen LogP contribution in [-0.4, -0.2) is 25.6 Å². The zero-order valence-electron chi connectivity index (χ0n) is 14.2. The highest BCUT2D eigenvalue weighted by Gasteiger charge is 2.39. The van der Waals surface area contributed by atoms with Gasteiger partial charge in [-0.15, -0.1) is 12.4 Å². The molecule has 2 heterocycles. The maximum atomic E-state index is 5.43. The van der Waals surface area contributed by atoms with Crippen LogP contribution in [0.2, 0.25) is 0 Å². The summed E-state index contributed by atoms with van der Waals surface area (Å²) in [6.45, 7) is 2.96. The van der Waals surface area contributed by atoms with Gasteiger partial charge in [-0.25, -0.2) is 9.97 Å². The molecule has 7 heteroatoms. The van der Waals surface area contributed by atoms with Crippen LogP contribution in [0.1, 0.15) is 32.6 Å². The monoisotopic (exact) mass is 375 g/mol. The summed E-state index contributed by atoms with van der Waals surface area (Å²) < 4.78 is 2.87. The predicted molar refractivity (Wildman–Crippen MR) is 106 cm³/mol. The van der Waals surface area contributed by atoms with E-state index in [0.29, 0.717) is 6.04 Å². The fourth-order valence-electron chi connectivity index (χ4n) is 4.73. The van der Waals surface area contributed by atoms with Crippen LogP contribution in [0.5, 0.6) is 0 Å². The minimum absolute atomic E-state index is 0. The van der Waals surface area contributed by atoms with Crippen molar-refractivity contribution in [3.05, 3.63) is 23.2 Å². The topological polar surface area (TPSA) is 58.5 Å². The third-order valence-electron chi connectivity index (χ3n) is 5.91. The van der Waals surface area contributed by atoms with Crippen LogP contribution in [0, 0.1) is 16.6 Å². The first kappa shape index (κ1) is 16.8. The fraction of sp³-hybridized carbons (Fsp3) is 0.500. The second kappa shape index (κ2) is 6.25. The molecule has 3 unspecified atom stereocenters. The summed E-state index contributed by atoms with van der Waals surface area (Å²) >= 11 is 5.43. The number of halogens is 1. The molecule has 2 saturated carbocycles. The summed E-state index contributed by atoms with van der Waals surface area (Å²) in [6, 6.07) is 4.83. The van der Waals surface area contributed by atoms with Gasteiger partial charge in [0.2, 0.25) is 0 Å². The lowest BCUT2D eigenvalue weighted by atomic mass is 9.95. The zero-order chi connectivity index (χ0) is 16.3. The van der Waals surface area contributed by atoms with E-state index in [4.69, 9.17) is 12.2 Å². The maximum Gasteiger partial charge on any atom is 0.178 e. The highest BCUT2D eigenvalue weighted by molar-refractivity contribution is 7.71. The van der Waals surface area contributed by atoms with Gasteiger partial charge in [-0.2, -0.15) is 0 Å². The molecule has 25 heavy (non-hydrogen) atoms. The fourth-order valence-corrected chi connectivity index (χ4v) is 5.07. The number of hydrogen-bond donors (Lipinski definition) is 2. The summed E-state index contributed by atoms with van der Waals surface area (Å²) in [7, 11) is 0. The number of H-pyrrole nitrogens is 1. The highest BCUT2D eigenvalue weighted by Crippen LogP contribution is 2.45. The van der Waals surface area contributed by atoms with Crippen molar-refractivity contribution in [2.45, 2.75) is 45.2 Å². The van der Waals surface area contributed by atoms with Crippen molar-refractivity contribution in [3.8, 4) is 0 Å². The minimum atomic E-state index is 0. The second-order valence-corrected chi connectivity index (χ2v) is 7.60. The van der Waals surface area contributed by atoms with Gasteiger partial charge in [0.05, 0.1) is 16.6 Å². The van der Waals surface area contributed by atoms with Crippen molar-refractivity contribution < 1.29 is 0 Å². The van der Waals surface area contributed by atoms with Crippen LogP contribution in [0.25, 0.3) is 21.9 Å². The van der Waals surface area contributed by atoms with E-state index in [0.717, 1.165) is 50.9 Å². The van der Waals surface area contributed by atoms with Crippen LogP contribution in [-0.2, 0) is 6.54 Å². The van der Waals surface area contributed by atoms with E-state index in [9.17, 15) is 0 Å². The first-order valence-corrected chi connectivity index (χ1v) is 9.27. The molecule has 0 amide bonds. The van der Waals surface area contributed by atoms with Crippen molar-refractivity contribution in [2.24, 2.45) is 11.8 Å². The lowest BCUT2D eigenvalue weighted by Gasteiger charge is -2.23. The van der Waals surface area contributed by atoms with Gasteiger partial charge in [0.25, 0.3) is 0 Å². The van der Waals surface area contributed by atoms with Crippen LogP contribution in [0.15, 0.2) is 18.5 Å². The summed E-state index contributed by atoms with van der Waals surface area (Å²) in [5, 5.41) is 4.79. The van der Waals surface area contributed by atoms with Crippen LogP contribution in [0.4, 0.5) is 5.82 Å². The number of hydrogen-bond acceptors (Lipinski definition) is 4. The highest BCUT2D eigenvalue weighted by atomic mass is 35.5. The molecule has 0 spiro atoms. The van der Waals surface area contributed by atoms with Gasteiger partial charge in [0, 0.05) is 18.0 Å². The van der Waals surface area contributed by atoms with E-state index in [2.05, 4.69) is 43.9 Å². The van der Waals surface area contributed by atoms with Gasteiger partial charge in [-0.05, 0) is 62.4 Å². The first-order chi connectivity index (χ1) is 11.7. The molecule has 3 aromatic rings. The summed E-state index contributed by atoms with van der Waals surface area (Å²) in [5.74, 6) is 2.70. The molecule has 2 aliphatic rings. The van der Waals surface area contributed by atoms with E-state index in [1.54, 1.807) is 6.33 Å². The number of nitrogens with zero attached hydrogens (tertiary/aromatic N) is 3. The van der Waals surface area contributed by atoms with E-state index >= 15 is 0 Å². The molecule has 5 nitrogen and oxygen atoms in total. The van der Waals surface area contributed by atoms with Crippen LogP contribution < -0.4 is 5.32 Å². The first-order valence-electron chi connectivity index (χ1n) is 8.86. The van der Waals surface area contributed by atoms with E-state index in [-0.39, 0.29) is 12.4 Å². The number of aryl methyl sites for hydroxylation is 1. The smallest absolute Gasteiger partial charge is 0.178 e. The molecule has 1 aromatic carbocycles. The number of imidazole rings is 1. The van der Waals surface area contributed by atoms with Gasteiger partial charge in [-0.3, -0.25) is 0 Å².